The number of hydrogen-bond donors (Lipinski definition) is 0. The molecular formula is C30H22F6N2O. The van der Waals surface area contributed by atoms with Crippen LogP contribution in [0.25, 0.3) is 22.3 Å². The van der Waals surface area contributed by atoms with Crippen molar-refractivity contribution in [1.82, 2.24) is 9.88 Å². The zero-order valence-electron chi connectivity index (χ0n) is 20.4. The monoisotopic (exact) mass is 540 g/mol. The third kappa shape index (κ3) is 5.67. The van der Waals surface area contributed by atoms with Crippen LogP contribution in [0.3, 0.4) is 0 Å². The maximum Gasteiger partial charge on any atom is 0.416 e. The van der Waals surface area contributed by atoms with Gasteiger partial charge in [0.05, 0.1) is 11.1 Å². The van der Waals surface area contributed by atoms with Crippen LogP contribution in [0.2, 0.25) is 0 Å². The molecule has 1 atom stereocenters. The van der Waals surface area contributed by atoms with Crippen molar-refractivity contribution in [2.45, 2.75) is 24.7 Å². The third-order valence-electron chi connectivity index (χ3n) is 6.88. The number of pyridine rings is 1. The number of aromatic nitrogens is 1. The quantitative estimate of drug-likeness (QED) is 0.245. The molecule has 0 radical (unpaired) electrons. The maximum absolute atomic E-state index is 13.6. The summed E-state index contributed by atoms with van der Waals surface area (Å²) in [7, 11) is 0. The van der Waals surface area contributed by atoms with Crippen molar-refractivity contribution in [2.75, 3.05) is 13.1 Å². The van der Waals surface area contributed by atoms with Crippen molar-refractivity contribution < 1.29 is 31.1 Å². The Kier molecular flexibility index (Phi) is 6.92. The molecule has 200 valence electrons. The Labute approximate surface area is 220 Å². The number of amides is 1. The Balaban J connectivity index is 1.56. The van der Waals surface area contributed by atoms with E-state index in [0.29, 0.717) is 41.9 Å². The van der Waals surface area contributed by atoms with Crippen LogP contribution in [0, 0.1) is 0 Å². The highest BCUT2D eigenvalue weighted by molar-refractivity contribution is 5.98. The summed E-state index contributed by atoms with van der Waals surface area (Å²) in [6.45, 7) is 0.999. The number of likely N-dealkylation sites (tertiary alicyclic amines) is 1. The van der Waals surface area contributed by atoms with Crippen molar-refractivity contribution in [3.63, 3.8) is 0 Å². The van der Waals surface area contributed by atoms with Gasteiger partial charge in [-0.25, -0.2) is 0 Å². The number of carbonyl (C=O) groups is 1. The minimum absolute atomic E-state index is 0.107. The molecular weight excluding hydrogens is 518 g/mol. The highest BCUT2D eigenvalue weighted by atomic mass is 19.4. The first-order chi connectivity index (χ1) is 18.5. The van der Waals surface area contributed by atoms with E-state index in [4.69, 9.17) is 0 Å². The topological polar surface area (TPSA) is 33.2 Å². The zero-order chi connectivity index (χ0) is 27.8. The van der Waals surface area contributed by atoms with Crippen molar-refractivity contribution in [3.8, 4) is 22.3 Å². The number of carbonyl (C=O) groups excluding carboxylic acids is 1. The average molecular weight is 541 g/mol. The zero-order valence-corrected chi connectivity index (χ0v) is 20.4. The van der Waals surface area contributed by atoms with Gasteiger partial charge in [-0.15, -0.1) is 0 Å². The Bertz CT molecular complexity index is 1450. The van der Waals surface area contributed by atoms with Gasteiger partial charge in [0.2, 0.25) is 0 Å². The van der Waals surface area contributed by atoms with Crippen molar-refractivity contribution in [1.29, 1.82) is 0 Å². The van der Waals surface area contributed by atoms with Crippen molar-refractivity contribution in [2.24, 2.45) is 0 Å². The largest absolute Gasteiger partial charge is 0.416 e. The molecule has 1 saturated heterocycles. The van der Waals surface area contributed by atoms with Gasteiger partial charge in [-0.05, 0) is 70.6 Å². The second-order valence-electron chi connectivity index (χ2n) is 9.44. The summed E-state index contributed by atoms with van der Waals surface area (Å²) < 4.78 is 81.3. The lowest BCUT2D eigenvalue weighted by molar-refractivity contribution is -0.143. The van der Waals surface area contributed by atoms with Gasteiger partial charge < -0.3 is 4.90 Å². The molecule has 3 nitrogen and oxygen atoms in total. The Morgan fingerprint density at radius 3 is 2.08 bits per heavy atom. The number of rotatable bonds is 4. The van der Waals surface area contributed by atoms with Gasteiger partial charge in [0.1, 0.15) is 0 Å². The fourth-order valence-electron chi connectivity index (χ4n) is 4.91. The Morgan fingerprint density at radius 1 is 0.769 bits per heavy atom. The number of hydrogen-bond acceptors (Lipinski definition) is 2. The second-order valence-corrected chi connectivity index (χ2v) is 9.44. The van der Waals surface area contributed by atoms with Crippen LogP contribution in [0.1, 0.15) is 39.4 Å². The summed E-state index contributed by atoms with van der Waals surface area (Å²) in [4.78, 5) is 19.3. The molecule has 5 rings (SSSR count). The van der Waals surface area contributed by atoms with Gasteiger partial charge in [-0.3, -0.25) is 9.78 Å². The normalized spacial score (nSPS) is 15.9. The van der Waals surface area contributed by atoms with Gasteiger partial charge in [0.25, 0.3) is 5.91 Å². The first-order valence-corrected chi connectivity index (χ1v) is 12.2. The van der Waals surface area contributed by atoms with Crippen molar-refractivity contribution in [3.05, 3.63) is 114 Å². The number of halogens is 6. The van der Waals surface area contributed by atoms with Gasteiger partial charge in [0, 0.05) is 37.0 Å². The Hall–Kier alpha value is -4.14. The van der Waals surface area contributed by atoms with Crippen LogP contribution in [0.15, 0.2) is 91.3 Å². The summed E-state index contributed by atoms with van der Waals surface area (Å²) in [5, 5.41) is 0. The lowest BCUT2D eigenvalue weighted by Crippen LogP contribution is -2.28. The second kappa shape index (κ2) is 10.2. The standard InChI is InChI=1S/C30H22F6N2O/c31-29(32,33)24-13-23(14-25(16-24)30(34,35)36)26-9-8-20(15-27(26)19-5-2-1-3-6-19)28(39)38-12-10-22(18-38)21-7-4-11-37-17-21/h1-9,11,13-17,22H,10,12,18H2. The lowest BCUT2D eigenvalue weighted by atomic mass is 9.90. The first-order valence-electron chi connectivity index (χ1n) is 12.2. The molecule has 2 heterocycles. The molecule has 0 saturated carbocycles. The highest BCUT2D eigenvalue weighted by Gasteiger charge is 2.37. The molecule has 0 bridgehead atoms. The minimum Gasteiger partial charge on any atom is -0.338 e. The van der Waals surface area contributed by atoms with E-state index in [0.717, 1.165) is 12.0 Å². The molecule has 1 aliphatic heterocycles. The SMILES string of the molecule is O=C(c1ccc(-c2cc(C(F)(F)F)cc(C(F)(F)F)c2)c(-c2ccccc2)c1)N1CCC(c2cccnc2)C1. The molecule has 1 unspecified atom stereocenters. The lowest BCUT2D eigenvalue weighted by Gasteiger charge is -2.20. The molecule has 1 fully saturated rings. The highest BCUT2D eigenvalue weighted by Crippen LogP contribution is 2.41. The molecule has 39 heavy (non-hydrogen) atoms. The molecule has 9 heteroatoms. The van der Waals surface area contributed by atoms with E-state index in [9.17, 15) is 31.1 Å². The van der Waals surface area contributed by atoms with Gasteiger partial charge in [-0.2, -0.15) is 26.3 Å². The number of alkyl halides is 6. The molecule has 4 aromatic rings. The van der Waals surface area contributed by atoms with E-state index in [-0.39, 0.29) is 29.0 Å². The third-order valence-corrected chi connectivity index (χ3v) is 6.88. The maximum atomic E-state index is 13.6. The molecule has 0 spiro atoms. The van der Waals surface area contributed by atoms with Crippen LogP contribution < -0.4 is 0 Å². The van der Waals surface area contributed by atoms with E-state index in [1.165, 1.54) is 18.2 Å². The van der Waals surface area contributed by atoms with Crippen molar-refractivity contribution >= 4 is 5.91 Å². The summed E-state index contributed by atoms with van der Waals surface area (Å²) >= 11 is 0. The molecule has 0 aliphatic carbocycles. The predicted octanol–water partition coefficient (Wildman–Crippen LogP) is 8.08. The fourth-order valence-corrected chi connectivity index (χ4v) is 4.91. The number of benzene rings is 3. The molecule has 1 amide bonds. The molecule has 1 aromatic heterocycles. The summed E-state index contributed by atoms with van der Waals surface area (Å²) in [6.07, 6.45) is -5.74. The molecule has 3 aromatic carbocycles. The molecule has 0 N–H and O–H groups in total. The fraction of sp³-hybridized carbons (Fsp3) is 0.200. The van der Waals surface area contributed by atoms with E-state index >= 15 is 0 Å². The van der Waals surface area contributed by atoms with Crippen LogP contribution in [0.5, 0.6) is 0 Å². The average Bonchev–Trinajstić information content (AvgIpc) is 3.43. The van der Waals surface area contributed by atoms with Gasteiger partial charge >= 0.3 is 12.4 Å². The first kappa shape index (κ1) is 26.5. The summed E-state index contributed by atoms with van der Waals surface area (Å²) in [6, 6.07) is 18.3. The van der Waals surface area contributed by atoms with E-state index in [1.54, 1.807) is 47.6 Å². The van der Waals surface area contributed by atoms with Crippen LogP contribution in [0.4, 0.5) is 26.3 Å². The summed E-state index contributed by atoms with van der Waals surface area (Å²) in [5.74, 6) is -0.133. The minimum atomic E-state index is -4.97. The number of nitrogens with zero attached hydrogens (tertiary/aromatic N) is 2. The predicted molar refractivity (Wildman–Crippen MR) is 135 cm³/mol. The van der Waals surface area contributed by atoms with Crippen LogP contribution >= 0.6 is 0 Å². The Morgan fingerprint density at radius 2 is 1.46 bits per heavy atom. The van der Waals surface area contributed by atoms with E-state index in [2.05, 4.69) is 4.98 Å². The van der Waals surface area contributed by atoms with E-state index < -0.39 is 23.5 Å². The van der Waals surface area contributed by atoms with Crippen LogP contribution in [-0.2, 0) is 12.4 Å². The summed E-state index contributed by atoms with van der Waals surface area (Å²) in [5.41, 5.74) is -0.642. The van der Waals surface area contributed by atoms with E-state index in [1.807, 2.05) is 12.1 Å². The smallest absolute Gasteiger partial charge is 0.338 e. The molecule has 1 aliphatic rings. The van der Waals surface area contributed by atoms with Gasteiger partial charge in [-0.1, -0.05) is 42.5 Å². The van der Waals surface area contributed by atoms with Crippen LogP contribution in [-0.4, -0.2) is 28.9 Å². The van der Waals surface area contributed by atoms with Gasteiger partial charge in [0.15, 0.2) is 0 Å².